The van der Waals surface area contributed by atoms with Gasteiger partial charge >= 0.3 is 0 Å². The lowest BCUT2D eigenvalue weighted by molar-refractivity contribution is 0.248. The first-order valence-electron chi connectivity index (χ1n) is 6.15. The Morgan fingerprint density at radius 1 is 1.37 bits per heavy atom. The van der Waals surface area contributed by atoms with Crippen LogP contribution >= 0.6 is 0 Å². The third-order valence-corrected chi connectivity index (χ3v) is 4.92. The third kappa shape index (κ3) is 3.23. The van der Waals surface area contributed by atoms with Crippen molar-refractivity contribution >= 4 is 15.7 Å². The topological polar surface area (TPSA) is 75.4 Å². The van der Waals surface area contributed by atoms with E-state index < -0.39 is 15.8 Å². The summed E-state index contributed by atoms with van der Waals surface area (Å²) < 4.78 is 40.3. The molecule has 1 saturated heterocycles. The number of nitrogen functional groups attached to an aromatic ring is 1. The molecule has 0 aromatic heterocycles. The van der Waals surface area contributed by atoms with Gasteiger partial charge in [0, 0.05) is 6.04 Å². The summed E-state index contributed by atoms with van der Waals surface area (Å²) in [6.45, 7) is 1.68. The van der Waals surface area contributed by atoms with Crippen LogP contribution in [0.4, 0.5) is 10.1 Å². The van der Waals surface area contributed by atoms with E-state index in [-0.39, 0.29) is 16.6 Å². The van der Waals surface area contributed by atoms with Gasteiger partial charge in [-0.25, -0.2) is 17.5 Å². The van der Waals surface area contributed by atoms with Crippen molar-refractivity contribution in [2.75, 3.05) is 25.9 Å². The predicted molar refractivity (Wildman–Crippen MR) is 71.7 cm³/mol. The van der Waals surface area contributed by atoms with E-state index in [1.807, 2.05) is 7.05 Å². The predicted octanol–water partition coefficient (Wildman–Crippen LogP) is 0.780. The van der Waals surface area contributed by atoms with Crippen LogP contribution in [0.5, 0.6) is 0 Å². The van der Waals surface area contributed by atoms with Crippen LogP contribution in [-0.2, 0) is 10.0 Å². The average Bonchev–Trinajstić information content (AvgIpc) is 2.35. The van der Waals surface area contributed by atoms with Gasteiger partial charge in [-0.2, -0.15) is 0 Å². The molecule has 2 rings (SSSR count). The van der Waals surface area contributed by atoms with Crippen LogP contribution in [0.15, 0.2) is 23.1 Å². The quantitative estimate of drug-likeness (QED) is 0.806. The van der Waals surface area contributed by atoms with Crippen LogP contribution in [0, 0.1) is 5.82 Å². The molecule has 1 aliphatic rings. The molecule has 19 heavy (non-hydrogen) atoms. The van der Waals surface area contributed by atoms with E-state index >= 15 is 0 Å². The largest absolute Gasteiger partial charge is 0.395 e. The molecule has 1 heterocycles. The highest BCUT2D eigenvalue weighted by Gasteiger charge is 2.25. The second kappa shape index (κ2) is 5.44. The molecule has 0 aliphatic carbocycles. The SMILES string of the molecule is CN1CCC(NS(=O)(=O)c2cccc(F)c2N)CC1. The van der Waals surface area contributed by atoms with Crippen LogP contribution < -0.4 is 10.5 Å². The van der Waals surface area contributed by atoms with Crippen molar-refractivity contribution in [3.63, 3.8) is 0 Å². The normalized spacial score (nSPS) is 18.6. The zero-order chi connectivity index (χ0) is 14.0. The van der Waals surface area contributed by atoms with E-state index in [0.717, 1.165) is 32.0 Å². The number of nitrogens with one attached hydrogen (secondary N) is 1. The minimum atomic E-state index is -3.76. The number of likely N-dealkylation sites (tertiary alicyclic amines) is 1. The summed E-state index contributed by atoms with van der Waals surface area (Å²) in [5.74, 6) is -0.716. The molecule has 1 fully saturated rings. The first kappa shape index (κ1) is 14.2. The van der Waals surface area contributed by atoms with Crippen molar-refractivity contribution in [1.82, 2.24) is 9.62 Å². The molecule has 106 valence electrons. The molecular weight excluding hydrogens is 269 g/mol. The van der Waals surface area contributed by atoms with Crippen molar-refractivity contribution in [1.29, 1.82) is 0 Å². The van der Waals surface area contributed by atoms with Gasteiger partial charge in [0.05, 0.1) is 5.69 Å². The van der Waals surface area contributed by atoms with Gasteiger partial charge in [-0.15, -0.1) is 0 Å². The number of para-hydroxylation sites is 1. The van der Waals surface area contributed by atoms with Crippen molar-refractivity contribution < 1.29 is 12.8 Å². The van der Waals surface area contributed by atoms with E-state index in [1.54, 1.807) is 0 Å². The van der Waals surface area contributed by atoms with Crippen LogP contribution in [0.3, 0.4) is 0 Å². The molecule has 0 spiro atoms. The highest BCUT2D eigenvalue weighted by molar-refractivity contribution is 7.89. The molecule has 0 saturated carbocycles. The number of nitrogens with two attached hydrogens (primary N) is 1. The summed E-state index contributed by atoms with van der Waals surface area (Å²) in [6, 6.07) is 3.68. The van der Waals surface area contributed by atoms with Crippen LogP contribution in [0.1, 0.15) is 12.8 Å². The van der Waals surface area contributed by atoms with Crippen LogP contribution in [-0.4, -0.2) is 39.5 Å². The molecule has 1 aliphatic heterocycles. The van der Waals surface area contributed by atoms with Gasteiger partial charge in [0.1, 0.15) is 10.7 Å². The van der Waals surface area contributed by atoms with Gasteiger partial charge in [0.25, 0.3) is 0 Å². The maximum Gasteiger partial charge on any atom is 0.242 e. The minimum absolute atomic E-state index is 0.121. The first-order chi connectivity index (χ1) is 8.90. The lowest BCUT2D eigenvalue weighted by Gasteiger charge is -2.29. The Hall–Kier alpha value is -1.18. The second-order valence-corrected chi connectivity index (χ2v) is 6.53. The molecule has 0 atom stereocenters. The highest BCUT2D eigenvalue weighted by Crippen LogP contribution is 2.22. The fourth-order valence-corrected chi connectivity index (χ4v) is 3.61. The summed E-state index contributed by atoms with van der Waals surface area (Å²) in [7, 11) is -1.77. The molecule has 0 unspecified atom stereocenters. The smallest absolute Gasteiger partial charge is 0.242 e. The molecule has 7 heteroatoms. The number of nitrogens with zero attached hydrogens (tertiary/aromatic N) is 1. The lowest BCUT2D eigenvalue weighted by Crippen LogP contribution is -2.43. The third-order valence-electron chi connectivity index (χ3n) is 3.34. The molecule has 1 aromatic carbocycles. The summed E-state index contributed by atoms with van der Waals surface area (Å²) in [5, 5.41) is 0. The summed E-state index contributed by atoms with van der Waals surface area (Å²) in [5.41, 5.74) is 5.16. The lowest BCUT2D eigenvalue weighted by atomic mass is 10.1. The van der Waals surface area contributed by atoms with Crippen molar-refractivity contribution in [2.45, 2.75) is 23.8 Å². The zero-order valence-corrected chi connectivity index (χ0v) is 11.6. The first-order valence-corrected chi connectivity index (χ1v) is 7.63. The number of benzene rings is 1. The van der Waals surface area contributed by atoms with Gasteiger partial charge in [0.2, 0.25) is 10.0 Å². The molecule has 5 nitrogen and oxygen atoms in total. The van der Waals surface area contributed by atoms with E-state index in [2.05, 4.69) is 9.62 Å². The van der Waals surface area contributed by atoms with Crippen LogP contribution in [0.25, 0.3) is 0 Å². The monoisotopic (exact) mass is 287 g/mol. The van der Waals surface area contributed by atoms with Gasteiger partial charge in [-0.05, 0) is 45.1 Å². The Balaban J connectivity index is 2.16. The average molecular weight is 287 g/mol. The number of hydrogen-bond donors (Lipinski definition) is 2. The van der Waals surface area contributed by atoms with Gasteiger partial charge in [0.15, 0.2) is 0 Å². The van der Waals surface area contributed by atoms with E-state index in [9.17, 15) is 12.8 Å². The Morgan fingerprint density at radius 2 is 2.00 bits per heavy atom. The summed E-state index contributed by atoms with van der Waals surface area (Å²) >= 11 is 0. The Labute approximate surface area is 112 Å². The molecule has 0 bridgehead atoms. The van der Waals surface area contributed by atoms with Crippen molar-refractivity contribution in [3.8, 4) is 0 Å². The van der Waals surface area contributed by atoms with Gasteiger partial charge in [-0.1, -0.05) is 6.07 Å². The molecule has 1 aromatic rings. The maximum absolute atomic E-state index is 13.3. The Bertz CT molecular complexity index is 554. The number of sulfonamides is 1. The number of piperidine rings is 1. The zero-order valence-electron chi connectivity index (χ0n) is 10.8. The summed E-state index contributed by atoms with van der Waals surface area (Å²) in [6.07, 6.45) is 1.48. The molecule has 3 N–H and O–H groups in total. The summed E-state index contributed by atoms with van der Waals surface area (Å²) in [4.78, 5) is 1.95. The second-order valence-electron chi connectivity index (χ2n) is 4.85. The van der Waals surface area contributed by atoms with Crippen molar-refractivity contribution in [3.05, 3.63) is 24.0 Å². The number of hydrogen-bond acceptors (Lipinski definition) is 4. The minimum Gasteiger partial charge on any atom is -0.395 e. The highest BCUT2D eigenvalue weighted by atomic mass is 32.2. The molecule has 0 radical (unpaired) electrons. The number of rotatable bonds is 3. The van der Waals surface area contributed by atoms with Crippen molar-refractivity contribution in [2.24, 2.45) is 0 Å². The fraction of sp³-hybridized carbons (Fsp3) is 0.500. The van der Waals surface area contributed by atoms with E-state index in [4.69, 9.17) is 5.73 Å². The number of halogens is 1. The van der Waals surface area contributed by atoms with E-state index in [0.29, 0.717) is 0 Å². The fourth-order valence-electron chi connectivity index (χ4n) is 2.16. The Morgan fingerprint density at radius 3 is 2.63 bits per heavy atom. The van der Waals surface area contributed by atoms with Crippen LogP contribution in [0.2, 0.25) is 0 Å². The number of anilines is 1. The van der Waals surface area contributed by atoms with E-state index in [1.165, 1.54) is 12.1 Å². The van der Waals surface area contributed by atoms with Gasteiger partial charge < -0.3 is 10.6 Å². The molecule has 0 amide bonds. The maximum atomic E-state index is 13.3. The van der Waals surface area contributed by atoms with Gasteiger partial charge in [-0.3, -0.25) is 0 Å². The molecular formula is C12H18FN3O2S. The Kier molecular flexibility index (Phi) is 4.07. The standard InChI is InChI=1S/C12H18FN3O2S/c1-16-7-5-9(6-8-16)15-19(17,18)11-4-2-3-10(13)12(11)14/h2-4,9,15H,5-8,14H2,1H3.